The summed E-state index contributed by atoms with van der Waals surface area (Å²) in [7, 11) is 0. The van der Waals surface area contributed by atoms with Gasteiger partial charge in [-0.15, -0.1) is 0 Å². The molecule has 0 radical (unpaired) electrons. The van der Waals surface area contributed by atoms with Crippen LogP contribution in [-0.2, 0) is 6.18 Å². The molecule has 0 aliphatic heterocycles. The quantitative estimate of drug-likeness (QED) is 0.866. The van der Waals surface area contributed by atoms with Crippen LogP contribution in [0, 0.1) is 0 Å². The molecule has 7 heteroatoms. The maximum absolute atomic E-state index is 12.8. The van der Waals surface area contributed by atoms with Crippen LogP contribution in [0.3, 0.4) is 0 Å². The fraction of sp³-hybridized carbons (Fsp3) is 0.0833. The Hall–Kier alpha value is -1.53. The highest BCUT2D eigenvalue weighted by molar-refractivity contribution is 7.08. The number of thiophene rings is 1. The lowest BCUT2D eigenvalue weighted by atomic mass is 9.99. The van der Waals surface area contributed by atoms with E-state index in [0.29, 0.717) is 0 Å². The molecule has 2 rings (SSSR count). The number of halogens is 4. The van der Waals surface area contributed by atoms with E-state index in [0.717, 1.165) is 22.8 Å². The van der Waals surface area contributed by atoms with Gasteiger partial charge in [0.1, 0.15) is 0 Å². The topological polar surface area (TPSA) is 37.3 Å². The molecule has 1 aromatic carbocycles. The predicted octanol–water partition coefficient (Wildman–Crippen LogP) is 4.79. The van der Waals surface area contributed by atoms with Crippen LogP contribution >= 0.6 is 22.9 Å². The number of rotatable bonds is 2. The lowest BCUT2D eigenvalue weighted by molar-refractivity contribution is -0.136. The lowest BCUT2D eigenvalue weighted by Gasteiger charge is -2.10. The number of alkyl halides is 3. The SMILES string of the molecule is O=C(O)c1cc(Cl)ccc1-c1cscc1C(F)(F)F. The molecule has 0 atom stereocenters. The first-order valence-electron chi connectivity index (χ1n) is 4.97. The Kier molecular flexibility index (Phi) is 3.56. The van der Waals surface area contributed by atoms with Gasteiger partial charge < -0.3 is 5.11 Å². The first kappa shape index (κ1) is 13.9. The summed E-state index contributed by atoms with van der Waals surface area (Å²) < 4.78 is 38.4. The highest BCUT2D eigenvalue weighted by atomic mass is 35.5. The summed E-state index contributed by atoms with van der Waals surface area (Å²) in [6.07, 6.45) is -4.52. The first-order chi connectivity index (χ1) is 8.80. The summed E-state index contributed by atoms with van der Waals surface area (Å²) in [6, 6.07) is 3.78. The Morgan fingerprint density at radius 1 is 1.21 bits per heavy atom. The molecule has 1 aromatic heterocycles. The van der Waals surface area contributed by atoms with Crippen LogP contribution < -0.4 is 0 Å². The second-order valence-electron chi connectivity index (χ2n) is 3.69. The van der Waals surface area contributed by atoms with Gasteiger partial charge in [0.05, 0.1) is 11.1 Å². The third kappa shape index (κ3) is 2.74. The van der Waals surface area contributed by atoms with Crippen molar-refractivity contribution in [2.24, 2.45) is 0 Å². The van der Waals surface area contributed by atoms with Crippen molar-refractivity contribution in [3.05, 3.63) is 45.1 Å². The van der Waals surface area contributed by atoms with E-state index in [1.165, 1.54) is 17.5 Å². The molecule has 0 aliphatic carbocycles. The van der Waals surface area contributed by atoms with Crippen LogP contribution in [-0.4, -0.2) is 11.1 Å². The summed E-state index contributed by atoms with van der Waals surface area (Å²) in [6.45, 7) is 0. The van der Waals surface area contributed by atoms with Gasteiger partial charge in [-0.1, -0.05) is 17.7 Å². The van der Waals surface area contributed by atoms with E-state index in [4.69, 9.17) is 16.7 Å². The van der Waals surface area contributed by atoms with Gasteiger partial charge in [0.25, 0.3) is 0 Å². The second kappa shape index (κ2) is 4.86. The lowest BCUT2D eigenvalue weighted by Crippen LogP contribution is -2.06. The number of hydrogen-bond acceptors (Lipinski definition) is 2. The second-order valence-corrected chi connectivity index (χ2v) is 4.87. The largest absolute Gasteiger partial charge is 0.478 e. The van der Waals surface area contributed by atoms with E-state index in [-0.39, 0.29) is 21.7 Å². The molecule has 2 nitrogen and oxygen atoms in total. The van der Waals surface area contributed by atoms with Gasteiger partial charge in [-0.05, 0) is 23.1 Å². The van der Waals surface area contributed by atoms with Crippen molar-refractivity contribution >= 4 is 28.9 Å². The molecule has 1 heterocycles. The van der Waals surface area contributed by atoms with E-state index in [9.17, 15) is 18.0 Å². The molecule has 0 saturated heterocycles. The van der Waals surface area contributed by atoms with Gasteiger partial charge in [-0.25, -0.2) is 4.79 Å². The Balaban J connectivity index is 2.67. The van der Waals surface area contributed by atoms with Crippen LogP contribution in [0.4, 0.5) is 13.2 Å². The normalized spacial score (nSPS) is 11.6. The van der Waals surface area contributed by atoms with Crippen molar-refractivity contribution in [2.75, 3.05) is 0 Å². The molecule has 0 amide bonds. The third-order valence-corrected chi connectivity index (χ3v) is 3.45. The van der Waals surface area contributed by atoms with E-state index < -0.39 is 17.7 Å². The Morgan fingerprint density at radius 2 is 1.89 bits per heavy atom. The zero-order valence-electron chi connectivity index (χ0n) is 9.16. The van der Waals surface area contributed by atoms with Crippen molar-refractivity contribution < 1.29 is 23.1 Å². The predicted molar refractivity (Wildman–Crippen MR) is 66.7 cm³/mol. The monoisotopic (exact) mass is 306 g/mol. The van der Waals surface area contributed by atoms with Crippen LogP contribution in [0.25, 0.3) is 11.1 Å². The molecule has 19 heavy (non-hydrogen) atoms. The maximum atomic E-state index is 12.8. The van der Waals surface area contributed by atoms with Crippen molar-refractivity contribution in [3.63, 3.8) is 0 Å². The fourth-order valence-electron chi connectivity index (χ4n) is 1.65. The molecular weight excluding hydrogens is 301 g/mol. The van der Waals surface area contributed by atoms with Gasteiger partial charge in [0.15, 0.2) is 0 Å². The van der Waals surface area contributed by atoms with E-state index in [2.05, 4.69) is 0 Å². The van der Waals surface area contributed by atoms with Crippen molar-refractivity contribution in [1.29, 1.82) is 0 Å². The van der Waals surface area contributed by atoms with Crippen LogP contribution in [0.1, 0.15) is 15.9 Å². The van der Waals surface area contributed by atoms with Crippen molar-refractivity contribution in [2.45, 2.75) is 6.18 Å². The Labute approximate surface area is 115 Å². The Morgan fingerprint density at radius 3 is 2.47 bits per heavy atom. The minimum atomic E-state index is -4.52. The van der Waals surface area contributed by atoms with Crippen LogP contribution in [0.2, 0.25) is 5.02 Å². The average Bonchev–Trinajstić information content (AvgIpc) is 2.77. The van der Waals surface area contributed by atoms with Crippen molar-refractivity contribution in [3.8, 4) is 11.1 Å². The fourth-order valence-corrected chi connectivity index (χ4v) is 2.68. The van der Waals surface area contributed by atoms with Crippen LogP contribution in [0.5, 0.6) is 0 Å². The zero-order chi connectivity index (χ0) is 14.2. The Bertz CT molecular complexity index is 634. The van der Waals surface area contributed by atoms with Crippen LogP contribution in [0.15, 0.2) is 29.0 Å². The maximum Gasteiger partial charge on any atom is 0.417 e. The smallest absolute Gasteiger partial charge is 0.417 e. The zero-order valence-corrected chi connectivity index (χ0v) is 10.7. The molecule has 0 bridgehead atoms. The highest BCUT2D eigenvalue weighted by Crippen LogP contribution is 2.40. The van der Waals surface area contributed by atoms with Gasteiger partial charge >= 0.3 is 12.1 Å². The summed E-state index contributed by atoms with van der Waals surface area (Å²) >= 11 is 6.54. The van der Waals surface area contributed by atoms with Gasteiger partial charge in [0.2, 0.25) is 0 Å². The van der Waals surface area contributed by atoms with Gasteiger partial charge in [-0.3, -0.25) is 0 Å². The minimum absolute atomic E-state index is 0.00507. The number of carbonyl (C=O) groups is 1. The summed E-state index contributed by atoms with van der Waals surface area (Å²) in [5, 5.41) is 11.4. The molecule has 1 N–H and O–H groups in total. The number of benzene rings is 1. The van der Waals surface area contributed by atoms with Gasteiger partial charge in [-0.2, -0.15) is 24.5 Å². The number of aromatic carboxylic acids is 1. The third-order valence-electron chi connectivity index (χ3n) is 2.47. The van der Waals surface area contributed by atoms with E-state index in [1.807, 2.05) is 0 Å². The summed E-state index contributed by atoms with van der Waals surface area (Å²) in [5.74, 6) is -1.32. The molecule has 100 valence electrons. The molecule has 2 aromatic rings. The highest BCUT2D eigenvalue weighted by Gasteiger charge is 2.35. The van der Waals surface area contributed by atoms with Crippen molar-refractivity contribution in [1.82, 2.24) is 0 Å². The standard InChI is InChI=1S/C12H6ClF3O2S/c13-6-1-2-7(8(3-6)11(17)18)9-4-19-5-10(9)12(14,15)16/h1-5H,(H,17,18). The minimum Gasteiger partial charge on any atom is -0.478 e. The van der Waals surface area contributed by atoms with E-state index in [1.54, 1.807) is 0 Å². The molecular formula is C12H6ClF3O2S. The molecule has 0 fully saturated rings. The first-order valence-corrected chi connectivity index (χ1v) is 6.29. The summed E-state index contributed by atoms with van der Waals surface area (Å²) in [4.78, 5) is 11.1. The molecule has 0 aliphatic rings. The average molecular weight is 307 g/mol. The molecule has 0 saturated carbocycles. The number of hydrogen-bond donors (Lipinski definition) is 1. The van der Waals surface area contributed by atoms with Gasteiger partial charge in [0, 0.05) is 16.0 Å². The number of carboxylic acids is 1. The molecule has 0 unspecified atom stereocenters. The summed E-state index contributed by atoms with van der Waals surface area (Å²) in [5.41, 5.74) is -1.24. The molecule has 0 spiro atoms. The number of carboxylic acid groups (broad SMARTS) is 1. The van der Waals surface area contributed by atoms with E-state index >= 15 is 0 Å².